The fraction of sp³-hybridized carbons (Fsp3) is 0.486. The highest BCUT2D eigenvalue weighted by molar-refractivity contribution is 7.99. The number of hydrogen-bond donors (Lipinski definition) is 0. The molecule has 8 heteroatoms. The first kappa shape index (κ1) is 34.4. The molecule has 1 saturated heterocycles. The molecule has 3 aromatic carbocycles. The van der Waals surface area contributed by atoms with Gasteiger partial charge in [0.15, 0.2) is 16.6 Å². The van der Waals surface area contributed by atoms with E-state index in [-0.39, 0.29) is 29.5 Å². The van der Waals surface area contributed by atoms with Crippen molar-refractivity contribution in [3.8, 4) is 0 Å². The Morgan fingerprint density at radius 3 is 1.60 bits per heavy atom. The standard InChI is InChI=1S/C35H52O4SSi3/c1-35(2,3)43(29-21-15-11-16-22-29,30-23-17-12-18-24-30)36-26-33(39-42(7,8)9)32(38-41(4,5)6)25-31-34(37-31)27-40-28-19-13-10-14-20-28/h10-24,31-34H,25-27H2,1-9H3/t31-,32-,33+,34-/m0/s1. The fourth-order valence-electron chi connectivity index (χ4n) is 5.83. The predicted octanol–water partition coefficient (Wildman–Crippen LogP) is 7.95. The molecule has 4 nitrogen and oxygen atoms in total. The summed E-state index contributed by atoms with van der Waals surface area (Å²) in [6.07, 6.45) is 0.977. The van der Waals surface area contributed by atoms with Gasteiger partial charge in [-0.05, 0) is 66.8 Å². The van der Waals surface area contributed by atoms with E-state index in [1.807, 2.05) is 11.8 Å². The first-order valence-corrected chi connectivity index (χ1v) is 25.3. The first-order chi connectivity index (χ1) is 20.2. The summed E-state index contributed by atoms with van der Waals surface area (Å²) in [5, 5.41) is 2.46. The van der Waals surface area contributed by atoms with Crippen LogP contribution in [-0.4, -0.2) is 61.7 Å². The Kier molecular flexibility index (Phi) is 11.4. The minimum Gasteiger partial charge on any atom is -0.412 e. The highest BCUT2D eigenvalue weighted by atomic mass is 32.2. The quantitative estimate of drug-likeness (QED) is 0.0947. The van der Waals surface area contributed by atoms with E-state index in [4.69, 9.17) is 18.0 Å². The summed E-state index contributed by atoms with van der Waals surface area (Å²) in [6, 6.07) is 32.3. The molecule has 4 rings (SSSR count). The second kappa shape index (κ2) is 14.3. The van der Waals surface area contributed by atoms with Gasteiger partial charge in [-0.3, -0.25) is 0 Å². The minimum atomic E-state index is -2.72. The van der Waals surface area contributed by atoms with Crippen molar-refractivity contribution in [1.82, 2.24) is 0 Å². The van der Waals surface area contributed by atoms with Crippen molar-refractivity contribution in [2.24, 2.45) is 0 Å². The van der Waals surface area contributed by atoms with Crippen LogP contribution in [0.4, 0.5) is 0 Å². The monoisotopic (exact) mass is 652 g/mol. The zero-order valence-electron chi connectivity index (χ0n) is 27.6. The van der Waals surface area contributed by atoms with E-state index < -0.39 is 25.0 Å². The van der Waals surface area contributed by atoms with Crippen molar-refractivity contribution < 1.29 is 18.0 Å². The van der Waals surface area contributed by atoms with Crippen LogP contribution in [0, 0.1) is 0 Å². The van der Waals surface area contributed by atoms with Gasteiger partial charge in [0.25, 0.3) is 8.32 Å². The van der Waals surface area contributed by atoms with Crippen LogP contribution in [0.15, 0.2) is 95.9 Å². The van der Waals surface area contributed by atoms with Gasteiger partial charge >= 0.3 is 0 Å². The SMILES string of the molecule is CC(C)(C)[Si](OC[C@@H](O[Si](C)(C)C)[C@H](C[C@@H]1O[C@H]1CSc1ccccc1)O[Si](C)(C)C)(c1ccccc1)c1ccccc1. The van der Waals surface area contributed by atoms with E-state index >= 15 is 0 Å². The Balaban J connectivity index is 1.62. The molecule has 43 heavy (non-hydrogen) atoms. The van der Waals surface area contributed by atoms with Gasteiger partial charge in [0, 0.05) is 17.1 Å². The molecule has 1 heterocycles. The third-order valence-corrected chi connectivity index (χ3v) is 15.7. The topological polar surface area (TPSA) is 40.2 Å². The Morgan fingerprint density at radius 2 is 1.14 bits per heavy atom. The normalized spacial score (nSPS) is 19.2. The number of thioether (sulfide) groups is 1. The lowest BCUT2D eigenvalue weighted by Gasteiger charge is -2.45. The van der Waals surface area contributed by atoms with Crippen molar-refractivity contribution in [2.45, 2.75) is 101 Å². The summed E-state index contributed by atoms with van der Waals surface area (Å²) in [5.41, 5.74) is 0. The van der Waals surface area contributed by atoms with Gasteiger partial charge in [-0.2, -0.15) is 0 Å². The second-order valence-electron chi connectivity index (χ2n) is 14.6. The van der Waals surface area contributed by atoms with Crippen LogP contribution >= 0.6 is 11.8 Å². The van der Waals surface area contributed by atoms with Gasteiger partial charge in [-0.15, -0.1) is 11.8 Å². The maximum absolute atomic E-state index is 7.43. The predicted molar refractivity (Wildman–Crippen MR) is 190 cm³/mol. The van der Waals surface area contributed by atoms with Crippen molar-refractivity contribution in [3.63, 3.8) is 0 Å². The van der Waals surface area contributed by atoms with Crippen LogP contribution in [0.25, 0.3) is 0 Å². The van der Waals surface area contributed by atoms with E-state index in [0.717, 1.165) is 12.2 Å². The third-order valence-electron chi connectivity index (χ3n) is 7.62. The number of benzene rings is 3. The zero-order valence-corrected chi connectivity index (χ0v) is 31.4. The number of epoxide rings is 1. The molecular formula is C35H52O4SSi3. The fourth-order valence-corrected chi connectivity index (χ4v) is 13.7. The van der Waals surface area contributed by atoms with Crippen LogP contribution in [0.2, 0.25) is 44.3 Å². The second-order valence-corrected chi connectivity index (χ2v) is 28.9. The molecule has 1 fully saturated rings. The van der Waals surface area contributed by atoms with Crippen molar-refractivity contribution in [2.75, 3.05) is 12.4 Å². The summed E-state index contributed by atoms with van der Waals surface area (Å²) < 4.78 is 27.6. The van der Waals surface area contributed by atoms with Crippen LogP contribution in [-0.2, 0) is 18.0 Å². The number of hydrogen-bond acceptors (Lipinski definition) is 5. The maximum Gasteiger partial charge on any atom is 0.261 e. The van der Waals surface area contributed by atoms with Gasteiger partial charge in [0.05, 0.1) is 31.0 Å². The summed E-state index contributed by atoms with van der Waals surface area (Å²) in [7, 11) is -6.56. The van der Waals surface area contributed by atoms with E-state index in [1.165, 1.54) is 15.3 Å². The van der Waals surface area contributed by atoms with Crippen molar-refractivity contribution in [1.29, 1.82) is 0 Å². The van der Waals surface area contributed by atoms with Crippen LogP contribution < -0.4 is 10.4 Å². The summed E-state index contributed by atoms with van der Waals surface area (Å²) in [4.78, 5) is 1.28. The molecule has 0 radical (unpaired) electrons. The molecule has 0 spiro atoms. The van der Waals surface area contributed by atoms with Crippen molar-refractivity contribution in [3.05, 3.63) is 91.0 Å². The first-order valence-electron chi connectivity index (χ1n) is 15.6. The molecule has 0 aromatic heterocycles. The molecule has 4 atom stereocenters. The number of rotatable bonds is 15. The molecule has 1 aliphatic heterocycles. The van der Waals surface area contributed by atoms with Crippen LogP contribution in [0.5, 0.6) is 0 Å². The maximum atomic E-state index is 7.43. The van der Waals surface area contributed by atoms with Gasteiger partial charge < -0.3 is 18.0 Å². The smallest absolute Gasteiger partial charge is 0.261 e. The Morgan fingerprint density at radius 1 is 0.674 bits per heavy atom. The lowest BCUT2D eigenvalue weighted by Crippen LogP contribution is -2.67. The highest BCUT2D eigenvalue weighted by Crippen LogP contribution is 2.38. The average Bonchev–Trinajstić information content (AvgIpc) is 3.68. The Labute approximate surface area is 268 Å². The summed E-state index contributed by atoms with van der Waals surface area (Å²) in [5.74, 6) is 0.951. The minimum absolute atomic E-state index is 0.0895. The lowest BCUT2D eigenvalue weighted by molar-refractivity contribution is 0.00399. The molecule has 0 bridgehead atoms. The molecule has 0 aliphatic carbocycles. The highest BCUT2D eigenvalue weighted by Gasteiger charge is 2.51. The van der Waals surface area contributed by atoms with E-state index in [0.29, 0.717) is 6.61 Å². The number of ether oxygens (including phenoxy) is 1. The molecule has 234 valence electrons. The molecule has 0 N–H and O–H groups in total. The molecule has 3 aromatic rings. The lowest BCUT2D eigenvalue weighted by atomic mass is 10.1. The Bertz CT molecular complexity index is 1220. The largest absolute Gasteiger partial charge is 0.412 e. The van der Waals surface area contributed by atoms with Crippen LogP contribution in [0.1, 0.15) is 27.2 Å². The third kappa shape index (κ3) is 9.74. The van der Waals surface area contributed by atoms with Gasteiger partial charge in [-0.25, -0.2) is 0 Å². The van der Waals surface area contributed by atoms with Gasteiger partial charge in [0.1, 0.15) is 0 Å². The summed E-state index contributed by atoms with van der Waals surface area (Å²) >= 11 is 1.86. The zero-order chi connectivity index (χ0) is 31.3. The Hall–Kier alpha value is -1.50. The molecule has 0 saturated carbocycles. The van der Waals surface area contributed by atoms with E-state index in [1.54, 1.807) is 0 Å². The van der Waals surface area contributed by atoms with E-state index in [2.05, 4.69) is 151 Å². The molecule has 0 unspecified atom stereocenters. The molecule has 0 amide bonds. The molecule has 1 aliphatic rings. The summed E-state index contributed by atoms with van der Waals surface area (Å²) in [6.45, 7) is 21.1. The van der Waals surface area contributed by atoms with Crippen LogP contribution in [0.3, 0.4) is 0 Å². The molecular weight excluding hydrogens is 601 g/mol. The van der Waals surface area contributed by atoms with Crippen molar-refractivity contribution >= 4 is 47.1 Å². The average molecular weight is 653 g/mol. The van der Waals surface area contributed by atoms with Gasteiger partial charge in [-0.1, -0.05) is 99.6 Å². The van der Waals surface area contributed by atoms with E-state index in [9.17, 15) is 0 Å². The van der Waals surface area contributed by atoms with Gasteiger partial charge in [0.2, 0.25) is 0 Å².